The first-order valence-electron chi connectivity index (χ1n) is 8.27. The molecule has 5 nitrogen and oxygen atoms in total. The molecule has 1 aliphatic heterocycles. The number of carbonyl (C=O) groups is 1. The Hall–Kier alpha value is -2.08. The number of aryl methyl sites for hydroxylation is 1. The maximum absolute atomic E-state index is 12.5. The summed E-state index contributed by atoms with van der Waals surface area (Å²) in [6, 6.07) is 8.17. The second-order valence-corrected chi connectivity index (χ2v) is 7.03. The van der Waals surface area contributed by atoms with Crippen LogP contribution in [-0.2, 0) is 6.42 Å². The van der Waals surface area contributed by atoms with Gasteiger partial charge in [0.1, 0.15) is 5.75 Å². The molecular formula is C18H23N3O2S. The van der Waals surface area contributed by atoms with E-state index in [1.54, 1.807) is 18.4 Å². The summed E-state index contributed by atoms with van der Waals surface area (Å²) < 4.78 is 5.21. The minimum absolute atomic E-state index is 0.0141. The van der Waals surface area contributed by atoms with E-state index in [0.717, 1.165) is 42.3 Å². The van der Waals surface area contributed by atoms with Crippen LogP contribution < -0.4 is 10.1 Å². The topological polar surface area (TPSA) is 54.5 Å². The Morgan fingerprint density at radius 3 is 2.88 bits per heavy atom. The quantitative estimate of drug-likeness (QED) is 0.902. The number of urea groups is 1. The Bertz CT molecular complexity index is 684. The number of aromatic nitrogens is 1. The Balaban J connectivity index is 1.56. The van der Waals surface area contributed by atoms with Crippen molar-refractivity contribution in [2.75, 3.05) is 20.2 Å². The number of likely N-dealkylation sites (tertiary alicyclic amines) is 1. The molecule has 24 heavy (non-hydrogen) atoms. The minimum atomic E-state index is 0.0141. The van der Waals surface area contributed by atoms with Gasteiger partial charge in [-0.3, -0.25) is 0 Å². The second-order valence-electron chi connectivity index (χ2n) is 5.96. The maximum Gasteiger partial charge on any atom is 0.317 e. The fourth-order valence-electron chi connectivity index (χ4n) is 3.10. The molecule has 1 aromatic heterocycles. The first-order valence-corrected chi connectivity index (χ1v) is 9.15. The molecule has 1 atom stereocenters. The van der Waals surface area contributed by atoms with Crippen LogP contribution in [0.4, 0.5) is 4.79 Å². The number of hydrogen-bond acceptors (Lipinski definition) is 4. The van der Waals surface area contributed by atoms with Crippen molar-refractivity contribution in [1.82, 2.24) is 15.2 Å². The van der Waals surface area contributed by atoms with Crippen molar-refractivity contribution in [3.63, 3.8) is 0 Å². The van der Waals surface area contributed by atoms with E-state index in [4.69, 9.17) is 4.74 Å². The van der Waals surface area contributed by atoms with Gasteiger partial charge in [-0.25, -0.2) is 9.78 Å². The number of methoxy groups -OCH3 is 1. The molecule has 0 spiro atoms. The fraction of sp³-hybridized carbons (Fsp3) is 0.444. The number of rotatable bonds is 5. The molecule has 3 rings (SSSR count). The molecule has 1 saturated heterocycles. The molecular weight excluding hydrogens is 322 g/mol. The first-order chi connectivity index (χ1) is 11.7. The molecule has 0 saturated carbocycles. The van der Waals surface area contributed by atoms with Gasteiger partial charge < -0.3 is 15.0 Å². The fourth-order valence-corrected chi connectivity index (χ4v) is 3.75. The van der Waals surface area contributed by atoms with Gasteiger partial charge in [0, 0.05) is 24.9 Å². The SMILES string of the molecule is COc1ccc([C@H]2CCCN2C(=O)NCCc2csc(C)n2)cc1. The molecule has 2 aromatic rings. The molecule has 2 heterocycles. The standard InChI is InChI=1S/C18H23N3O2S/c1-13-20-15(12-24-13)9-10-19-18(22)21-11-3-4-17(21)14-5-7-16(23-2)8-6-14/h5-8,12,17H,3-4,9-11H2,1-2H3,(H,19,22)/t17-/m1/s1. The summed E-state index contributed by atoms with van der Waals surface area (Å²) in [4.78, 5) is 18.9. The van der Waals surface area contributed by atoms with E-state index in [-0.39, 0.29) is 12.1 Å². The lowest BCUT2D eigenvalue weighted by atomic mass is 10.0. The Morgan fingerprint density at radius 2 is 2.21 bits per heavy atom. The van der Waals surface area contributed by atoms with E-state index in [1.165, 1.54) is 5.56 Å². The number of amides is 2. The van der Waals surface area contributed by atoms with E-state index >= 15 is 0 Å². The van der Waals surface area contributed by atoms with Crippen molar-refractivity contribution in [3.8, 4) is 5.75 Å². The smallest absolute Gasteiger partial charge is 0.317 e. The summed E-state index contributed by atoms with van der Waals surface area (Å²) in [7, 11) is 1.66. The molecule has 1 N–H and O–H groups in total. The van der Waals surface area contributed by atoms with Crippen LogP contribution in [0.2, 0.25) is 0 Å². The summed E-state index contributed by atoms with van der Waals surface area (Å²) in [5, 5.41) is 6.15. The number of ether oxygens (including phenoxy) is 1. The molecule has 1 aliphatic rings. The van der Waals surface area contributed by atoms with Gasteiger partial charge in [0.25, 0.3) is 0 Å². The average Bonchev–Trinajstić information content (AvgIpc) is 3.24. The first kappa shape index (κ1) is 16.8. The summed E-state index contributed by atoms with van der Waals surface area (Å²) >= 11 is 1.64. The van der Waals surface area contributed by atoms with E-state index in [1.807, 2.05) is 36.1 Å². The van der Waals surface area contributed by atoms with Gasteiger partial charge in [0.15, 0.2) is 0 Å². The largest absolute Gasteiger partial charge is 0.497 e. The van der Waals surface area contributed by atoms with E-state index in [0.29, 0.717) is 6.54 Å². The number of nitrogens with zero attached hydrogens (tertiary/aromatic N) is 2. The van der Waals surface area contributed by atoms with Crippen LogP contribution in [0.3, 0.4) is 0 Å². The Morgan fingerprint density at radius 1 is 1.42 bits per heavy atom. The number of hydrogen-bond donors (Lipinski definition) is 1. The van der Waals surface area contributed by atoms with Crippen molar-refractivity contribution >= 4 is 17.4 Å². The minimum Gasteiger partial charge on any atom is -0.497 e. The predicted octanol–water partition coefficient (Wildman–Crippen LogP) is 3.55. The zero-order chi connectivity index (χ0) is 16.9. The number of benzene rings is 1. The number of nitrogens with one attached hydrogen (secondary N) is 1. The van der Waals surface area contributed by atoms with E-state index in [9.17, 15) is 4.79 Å². The zero-order valence-electron chi connectivity index (χ0n) is 14.1. The highest BCUT2D eigenvalue weighted by molar-refractivity contribution is 7.09. The van der Waals surface area contributed by atoms with Crippen molar-refractivity contribution in [3.05, 3.63) is 45.9 Å². The van der Waals surface area contributed by atoms with Crippen molar-refractivity contribution in [2.45, 2.75) is 32.2 Å². The lowest BCUT2D eigenvalue weighted by Crippen LogP contribution is -2.40. The summed E-state index contributed by atoms with van der Waals surface area (Å²) in [6.45, 7) is 3.42. The molecule has 1 fully saturated rings. The van der Waals surface area contributed by atoms with Gasteiger partial charge in [-0.2, -0.15) is 0 Å². The third kappa shape index (κ3) is 3.87. The van der Waals surface area contributed by atoms with Gasteiger partial charge in [-0.05, 0) is 37.5 Å². The third-order valence-electron chi connectivity index (χ3n) is 4.34. The predicted molar refractivity (Wildman–Crippen MR) is 95.6 cm³/mol. The highest BCUT2D eigenvalue weighted by Gasteiger charge is 2.29. The molecule has 2 amide bonds. The van der Waals surface area contributed by atoms with Crippen molar-refractivity contribution in [2.24, 2.45) is 0 Å². The molecule has 6 heteroatoms. The lowest BCUT2D eigenvalue weighted by molar-refractivity contribution is 0.193. The van der Waals surface area contributed by atoms with Crippen molar-refractivity contribution < 1.29 is 9.53 Å². The lowest BCUT2D eigenvalue weighted by Gasteiger charge is -2.25. The van der Waals surface area contributed by atoms with Crippen LogP contribution in [0.15, 0.2) is 29.6 Å². The van der Waals surface area contributed by atoms with E-state index < -0.39 is 0 Å². The Kier molecular flexibility index (Phi) is 5.35. The van der Waals surface area contributed by atoms with Gasteiger partial charge in [-0.1, -0.05) is 12.1 Å². The maximum atomic E-state index is 12.5. The highest BCUT2D eigenvalue weighted by atomic mass is 32.1. The molecule has 0 bridgehead atoms. The van der Waals surface area contributed by atoms with Crippen LogP contribution in [0.25, 0.3) is 0 Å². The Labute approximate surface area is 146 Å². The average molecular weight is 345 g/mol. The number of thiazole rings is 1. The normalized spacial score (nSPS) is 17.1. The second kappa shape index (κ2) is 7.66. The zero-order valence-corrected chi connectivity index (χ0v) is 14.9. The highest BCUT2D eigenvalue weighted by Crippen LogP contribution is 2.32. The van der Waals surface area contributed by atoms with Gasteiger partial charge in [-0.15, -0.1) is 11.3 Å². The molecule has 128 valence electrons. The summed E-state index contributed by atoms with van der Waals surface area (Å²) in [6.07, 6.45) is 2.82. The molecule has 1 aromatic carbocycles. The van der Waals surface area contributed by atoms with Crippen molar-refractivity contribution in [1.29, 1.82) is 0 Å². The van der Waals surface area contributed by atoms with Crippen LogP contribution in [0, 0.1) is 6.92 Å². The van der Waals surface area contributed by atoms with Crippen LogP contribution in [0.1, 0.15) is 35.1 Å². The number of carbonyl (C=O) groups excluding carboxylic acids is 1. The van der Waals surface area contributed by atoms with Gasteiger partial charge in [0.05, 0.1) is 23.9 Å². The van der Waals surface area contributed by atoms with Crippen LogP contribution >= 0.6 is 11.3 Å². The third-order valence-corrected chi connectivity index (χ3v) is 5.16. The monoisotopic (exact) mass is 345 g/mol. The van der Waals surface area contributed by atoms with Crippen LogP contribution in [0.5, 0.6) is 5.75 Å². The van der Waals surface area contributed by atoms with Gasteiger partial charge in [0.2, 0.25) is 0 Å². The van der Waals surface area contributed by atoms with Crippen LogP contribution in [-0.4, -0.2) is 36.1 Å². The van der Waals surface area contributed by atoms with Gasteiger partial charge >= 0.3 is 6.03 Å². The molecule has 0 aliphatic carbocycles. The summed E-state index contributed by atoms with van der Waals surface area (Å²) in [5.41, 5.74) is 2.21. The summed E-state index contributed by atoms with van der Waals surface area (Å²) in [5.74, 6) is 0.839. The van der Waals surface area contributed by atoms with E-state index in [2.05, 4.69) is 15.7 Å². The molecule has 0 radical (unpaired) electrons. The molecule has 0 unspecified atom stereocenters.